The Morgan fingerprint density at radius 2 is 2.10 bits per heavy atom. The molecule has 0 saturated heterocycles. The van der Waals surface area contributed by atoms with E-state index in [1.807, 2.05) is 0 Å². The molecule has 0 atom stereocenters. The molecule has 0 unspecified atom stereocenters. The number of benzene rings is 1. The largest absolute Gasteiger partial charge is 0.444 e. The number of nitrogens with zero attached hydrogens (tertiary/aromatic N) is 2. The first-order valence-electron chi connectivity index (χ1n) is 6.72. The number of aryl methyl sites for hydroxylation is 1. The minimum atomic E-state index is -0.417. The van der Waals surface area contributed by atoms with E-state index in [0.29, 0.717) is 12.1 Å². The van der Waals surface area contributed by atoms with Crippen molar-refractivity contribution in [1.29, 1.82) is 0 Å². The molecule has 21 heavy (non-hydrogen) atoms. The molecule has 6 nitrogen and oxygen atoms in total. The lowest BCUT2D eigenvalue weighted by atomic mass is 10.1. The van der Waals surface area contributed by atoms with E-state index < -0.39 is 4.92 Å². The molecule has 0 saturated carbocycles. The Labute approximate surface area is 123 Å². The quantitative estimate of drug-likeness (QED) is 0.688. The molecule has 0 fully saturated rings. The number of nitro groups is 1. The first-order chi connectivity index (χ1) is 9.78. The molecular weight excluding hydrogens is 270 g/mol. The van der Waals surface area contributed by atoms with Crippen molar-refractivity contribution in [2.45, 2.75) is 39.8 Å². The number of hydrogen-bond donors (Lipinski definition) is 1. The Morgan fingerprint density at radius 3 is 2.71 bits per heavy atom. The molecule has 0 aliphatic heterocycles. The summed E-state index contributed by atoms with van der Waals surface area (Å²) in [6, 6.07) is 4.92. The monoisotopic (exact) mass is 289 g/mol. The van der Waals surface area contributed by atoms with Gasteiger partial charge in [-0.15, -0.1) is 0 Å². The van der Waals surface area contributed by atoms with E-state index in [-0.39, 0.29) is 17.1 Å². The molecule has 1 aromatic heterocycles. The predicted molar refractivity (Wildman–Crippen MR) is 79.9 cm³/mol. The molecule has 1 aromatic carbocycles. The molecule has 0 radical (unpaired) electrons. The number of oxazole rings is 1. The molecule has 2 aromatic rings. The maximum atomic E-state index is 11.1. The molecule has 1 N–H and O–H groups in total. The zero-order valence-electron chi connectivity index (χ0n) is 12.6. The summed E-state index contributed by atoms with van der Waals surface area (Å²) in [6.45, 7) is 8.52. The van der Waals surface area contributed by atoms with Gasteiger partial charge in [-0.1, -0.05) is 12.1 Å². The van der Waals surface area contributed by atoms with Crippen LogP contribution in [0.3, 0.4) is 0 Å². The second-order valence-electron chi connectivity index (χ2n) is 5.97. The molecule has 0 bridgehead atoms. The number of nitrogens with one attached hydrogen (secondary N) is 1. The number of rotatable bonds is 4. The number of hydrogen-bond acceptors (Lipinski definition) is 5. The van der Waals surface area contributed by atoms with E-state index in [0.717, 1.165) is 11.3 Å². The molecule has 112 valence electrons. The van der Waals surface area contributed by atoms with Crippen molar-refractivity contribution in [1.82, 2.24) is 10.3 Å². The Morgan fingerprint density at radius 1 is 1.38 bits per heavy atom. The van der Waals surface area contributed by atoms with Gasteiger partial charge in [-0.3, -0.25) is 10.1 Å². The molecule has 0 aliphatic rings. The average Bonchev–Trinajstić information content (AvgIpc) is 2.83. The summed E-state index contributed by atoms with van der Waals surface area (Å²) in [5, 5.41) is 14.4. The molecule has 6 heteroatoms. The van der Waals surface area contributed by atoms with Gasteiger partial charge >= 0.3 is 0 Å². The molecule has 0 amide bonds. The van der Waals surface area contributed by atoms with Gasteiger partial charge < -0.3 is 9.73 Å². The van der Waals surface area contributed by atoms with Crippen molar-refractivity contribution in [2.75, 3.05) is 0 Å². The van der Waals surface area contributed by atoms with Gasteiger partial charge in [0.25, 0.3) is 5.69 Å². The van der Waals surface area contributed by atoms with Gasteiger partial charge in [0.2, 0.25) is 5.89 Å². The van der Waals surface area contributed by atoms with Crippen LogP contribution >= 0.6 is 0 Å². The van der Waals surface area contributed by atoms with Crippen molar-refractivity contribution >= 4 is 5.69 Å². The zero-order valence-corrected chi connectivity index (χ0v) is 12.6. The number of nitro benzene ring substituents is 1. The van der Waals surface area contributed by atoms with Gasteiger partial charge in [-0.25, -0.2) is 4.98 Å². The summed E-state index contributed by atoms with van der Waals surface area (Å²) >= 11 is 0. The smallest absolute Gasteiger partial charge is 0.282 e. The molecule has 0 spiro atoms. The minimum Gasteiger partial charge on any atom is -0.444 e. The summed E-state index contributed by atoms with van der Waals surface area (Å²) in [7, 11) is 0. The maximum absolute atomic E-state index is 11.1. The third kappa shape index (κ3) is 3.66. The van der Waals surface area contributed by atoms with Crippen molar-refractivity contribution < 1.29 is 9.34 Å². The molecule has 1 heterocycles. The maximum Gasteiger partial charge on any atom is 0.282 e. The van der Waals surface area contributed by atoms with E-state index in [1.54, 1.807) is 19.1 Å². The first kappa shape index (κ1) is 15.2. The van der Waals surface area contributed by atoms with Crippen molar-refractivity contribution in [3.8, 4) is 11.5 Å². The first-order valence-corrected chi connectivity index (χ1v) is 6.72. The topological polar surface area (TPSA) is 81.2 Å². The third-order valence-corrected chi connectivity index (χ3v) is 3.01. The van der Waals surface area contributed by atoms with Crippen LogP contribution in [0.1, 0.15) is 32.0 Å². The second-order valence-corrected chi connectivity index (χ2v) is 5.97. The van der Waals surface area contributed by atoms with Crippen LogP contribution in [0.5, 0.6) is 0 Å². The van der Waals surface area contributed by atoms with Gasteiger partial charge in [0.15, 0.2) is 0 Å². The summed E-state index contributed by atoms with van der Waals surface area (Å²) in [4.78, 5) is 15.1. The van der Waals surface area contributed by atoms with Crippen LogP contribution in [-0.4, -0.2) is 15.4 Å². The van der Waals surface area contributed by atoms with Crippen LogP contribution in [0.4, 0.5) is 5.69 Å². The standard InChI is InChI=1S/C15H19N3O3/c1-10-6-5-7-12(18(19)20)13(10)14-17-11(9-21-14)8-16-15(2,3)4/h5-7,9,16H,8H2,1-4H3. The molecule has 2 rings (SSSR count). The van der Waals surface area contributed by atoms with E-state index in [4.69, 9.17) is 4.42 Å². The van der Waals surface area contributed by atoms with Crippen molar-refractivity contribution in [3.63, 3.8) is 0 Å². The summed E-state index contributed by atoms with van der Waals surface area (Å²) in [6.07, 6.45) is 1.53. The van der Waals surface area contributed by atoms with Gasteiger partial charge in [-0.2, -0.15) is 0 Å². The highest BCUT2D eigenvalue weighted by Crippen LogP contribution is 2.32. The minimum absolute atomic E-state index is 0.00665. The predicted octanol–water partition coefficient (Wildman–Crippen LogP) is 3.45. The highest BCUT2D eigenvalue weighted by Gasteiger charge is 2.21. The van der Waals surface area contributed by atoms with Gasteiger partial charge in [0.05, 0.1) is 10.6 Å². The van der Waals surface area contributed by atoms with Crippen LogP contribution in [-0.2, 0) is 6.54 Å². The average molecular weight is 289 g/mol. The Bertz CT molecular complexity index is 656. The lowest BCUT2D eigenvalue weighted by molar-refractivity contribution is -0.384. The second kappa shape index (κ2) is 5.65. The number of aromatic nitrogens is 1. The van der Waals surface area contributed by atoms with Gasteiger partial charge in [0.1, 0.15) is 11.8 Å². The lowest BCUT2D eigenvalue weighted by Gasteiger charge is -2.19. The SMILES string of the molecule is Cc1cccc([N+](=O)[O-])c1-c1nc(CNC(C)(C)C)co1. The fourth-order valence-electron chi connectivity index (χ4n) is 1.94. The Hall–Kier alpha value is -2.21. The molecular formula is C15H19N3O3. The van der Waals surface area contributed by atoms with Crippen LogP contribution in [0.15, 0.2) is 28.9 Å². The third-order valence-electron chi connectivity index (χ3n) is 3.01. The van der Waals surface area contributed by atoms with Crippen molar-refractivity contribution in [2.24, 2.45) is 0 Å². The Kier molecular flexibility index (Phi) is 4.09. The van der Waals surface area contributed by atoms with Gasteiger partial charge in [-0.05, 0) is 33.3 Å². The van der Waals surface area contributed by atoms with Crippen LogP contribution in [0, 0.1) is 17.0 Å². The van der Waals surface area contributed by atoms with Crippen molar-refractivity contribution in [3.05, 3.63) is 45.8 Å². The summed E-state index contributed by atoms with van der Waals surface area (Å²) < 4.78 is 5.43. The fourth-order valence-corrected chi connectivity index (χ4v) is 1.94. The van der Waals surface area contributed by atoms with Gasteiger partial charge in [0, 0.05) is 18.2 Å². The normalized spacial score (nSPS) is 11.6. The van der Waals surface area contributed by atoms with E-state index in [9.17, 15) is 10.1 Å². The van der Waals surface area contributed by atoms with Crippen LogP contribution in [0.25, 0.3) is 11.5 Å². The van der Waals surface area contributed by atoms with E-state index >= 15 is 0 Å². The highest BCUT2D eigenvalue weighted by molar-refractivity contribution is 5.70. The molecule has 0 aliphatic carbocycles. The highest BCUT2D eigenvalue weighted by atomic mass is 16.6. The Balaban J connectivity index is 2.32. The van der Waals surface area contributed by atoms with E-state index in [1.165, 1.54) is 12.3 Å². The summed E-state index contributed by atoms with van der Waals surface area (Å²) in [5.41, 5.74) is 1.89. The van der Waals surface area contributed by atoms with Crippen LogP contribution in [0.2, 0.25) is 0 Å². The summed E-state index contributed by atoms with van der Waals surface area (Å²) in [5.74, 6) is 0.283. The lowest BCUT2D eigenvalue weighted by Crippen LogP contribution is -2.35. The fraction of sp³-hybridized carbons (Fsp3) is 0.400. The van der Waals surface area contributed by atoms with Crippen LogP contribution < -0.4 is 5.32 Å². The van der Waals surface area contributed by atoms with E-state index in [2.05, 4.69) is 31.1 Å². The zero-order chi connectivity index (χ0) is 15.6.